The molecule has 0 atom stereocenters. The Bertz CT molecular complexity index is 634. The number of hydrogen-bond donors (Lipinski definition) is 0. The van der Waals surface area contributed by atoms with Crippen LogP contribution < -0.4 is 9.47 Å². The monoisotopic (exact) mass is 418 g/mol. The van der Waals surface area contributed by atoms with Gasteiger partial charge in [0, 0.05) is 0 Å². The number of carbonyl (C=O) groups excluding carboxylic acids is 2. The lowest BCUT2D eigenvalue weighted by molar-refractivity contribution is -0.140. The largest absolute Gasteiger partial charge is 0.422 e. The SMILES string of the molecule is CCCCCCCCCCCCc1cccc(OC(=O)C(C)C)c1OC(=O)C(C)C. The number of para-hydroxylation sites is 1. The highest BCUT2D eigenvalue weighted by Crippen LogP contribution is 2.34. The number of unbranched alkanes of at least 4 members (excludes halogenated alkanes) is 9. The van der Waals surface area contributed by atoms with Crippen LogP contribution in [0.5, 0.6) is 11.5 Å². The number of benzene rings is 1. The van der Waals surface area contributed by atoms with Crippen molar-refractivity contribution in [1.82, 2.24) is 0 Å². The van der Waals surface area contributed by atoms with Gasteiger partial charge >= 0.3 is 11.9 Å². The van der Waals surface area contributed by atoms with E-state index in [1.54, 1.807) is 33.8 Å². The van der Waals surface area contributed by atoms with Gasteiger partial charge in [0.25, 0.3) is 0 Å². The second kappa shape index (κ2) is 15.0. The molecule has 0 heterocycles. The Hall–Kier alpha value is -1.84. The van der Waals surface area contributed by atoms with Crippen molar-refractivity contribution in [3.8, 4) is 11.5 Å². The lowest BCUT2D eigenvalue weighted by atomic mass is 10.0. The molecule has 0 unspecified atom stereocenters. The molecule has 1 aromatic carbocycles. The number of rotatable bonds is 15. The van der Waals surface area contributed by atoms with E-state index in [2.05, 4.69) is 6.92 Å². The molecule has 4 nitrogen and oxygen atoms in total. The van der Waals surface area contributed by atoms with Gasteiger partial charge in [-0.3, -0.25) is 9.59 Å². The topological polar surface area (TPSA) is 52.6 Å². The van der Waals surface area contributed by atoms with Crippen molar-refractivity contribution in [1.29, 1.82) is 0 Å². The average molecular weight is 419 g/mol. The molecule has 0 aliphatic rings. The Kier molecular flexibility index (Phi) is 13.1. The third kappa shape index (κ3) is 10.3. The zero-order valence-corrected chi connectivity index (χ0v) is 19.8. The van der Waals surface area contributed by atoms with E-state index >= 15 is 0 Å². The summed E-state index contributed by atoms with van der Waals surface area (Å²) in [6.45, 7) is 9.42. The molecule has 0 N–H and O–H groups in total. The molecule has 1 aromatic rings. The van der Waals surface area contributed by atoms with E-state index in [4.69, 9.17) is 9.47 Å². The lowest BCUT2D eigenvalue weighted by Gasteiger charge is -2.16. The number of carbonyl (C=O) groups is 2. The first-order valence-corrected chi connectivity index (χ1v) is 11.9. The first-order valence-electron chi connectivity index (χ1n) is 11.9. The van der Waals surface area contributed by atoms with Crippen molar-refractivity contribution in [3.05, 3.63) is 23.8 Å². The van der Waals surface area contributed by atoms with Gasteiger partial charge in [0.2, 0.25) is 0 Å². The van der Waals surface area contributed by atoms with Crippen molar-refractivity contribution in [3.63, 3.8) is 0 Å². The van der Waals surface area contributed by atoms with Crippen LogP contribution in [0.4, 0.5) is 0 Å². The molecular weight excluding hydrogens is 376 g/mol. The fourth-order valence-electron chi connectivity index (χ4n) is 3.20. The van der Waals surface area contributed by atoms with E-state index in [1.807, 2.05) is 12.1 Å². The molecule has 0 spiro atoms. The summed E-state index contributed by atoms with van der Waals surface area (Å²) >= 11 is 0. The van der Waals surface area contributed by atoms with Crippen LogP contribution in [0.15, 0.2) is 18.2 Å². The van der Waals surface area contributed by atoms with Crippen LogP contribution in [-0.2, 0) is 16.0 Å². The summed E-state index contributed by atoms with van der Waals surface area (Å²) in [5.74, 6) is -0.387. The maximum atomic E-state index is 12.2. The summed E-state index contributed by atoms with van der Waals surface area (Å²) in [6, 6.07) is 5.52. The molecule has 0 aliphatic carbocycles. The Morgan fingerprint density at radius 3 is 1.77 bits per heavy atom. The smallest absolute Gasteiger partial charge is 0.313 e. The van der Waals surface area contributed by atoms with E-state index < -0.39 is 0 Å². The van der Waals surface area contributed by atoms with Gasteiger partial charge in [-0.15, -0.1) is 0 Å². The van der Waals surface area contributed by atoms with E-state index in [1.165, 1.54) is 51.4 Å². The van der Waals surface area contributed by atoms with E-state index in [-0.39, 0.29) is 23.8 Å². The number of hydrogen-bond acceptors (Lipinski definition) is 4. The van der Waals surface area contributed by atoms with Crippen molar-refractivity contribution in [2.24, 2.45) is 11.8 Å². The fourth-order valence-corrected chi connectivity index (χ4v) is 3.20. The molecular formula is C26H42O4. The molecule has 0 amide bonds. The highest BCUT2D eigenvalue weighted by Gasteiger charge is 2.20. The molecule has 1 rings (SSSR count). The van der Waals surface area contributed by atoms with Crippen LogP contribution in [0.1, 0.15) is 104 Å². The van der Waals surface area contributed by atoms with E-state index in [0.717, 1.165) is 24.8 Å². The quantitative estimate of drug-likeness (QED) is 0.171. The van der Waals surface area contributed by atoms with Crippen LogP contribution in [0.3, 0.4) is 0 Å². The maximum absolute atomic E-state index is 12.2. The third-order valence-corrected chi connectivity index (χ3v) is 5.22. The predicted octanol–water partition coefficient (Wildman–Crippen LogP) is 7.27. The van der Waals surface area contributed by atoms with Gasteiger partial charge < -0.3 is 9.47 Å². The Morgan fingerprint density at radius 2 is 1.23 bits per heavy atom. The first-order chi connectivity index (χ1) is 14.4. The first kappa shape index (κ1) is 26.2. The molecule has 0 bridgehead atoms. The van der Waals surface area contributed by atoms with Crippen molar-refractivity contribution in [2.45, 2.75) is 105 Å². The van der Waals surface area contributed by atoms with Gasteiger partial charge in [-0.2, -0.15) is 0 Å². The zero-order valence-electron chi connectivity index (χ0n) is 19.8. The molecule has 0 saturated heterocycles. The van der Waals surface area contributed by atoms with Crippen molar-refractivity contribution >= 4 is 11.9 Å². The summed E-state index contributed by atoms with van der Waals surface area (Å²) in [4.78, 5) is 24.3. The van der Waals surface area contributed by atoms with Gasteiger partial charge in [-0.1, -0.05) is 105 Å². The fraction of sp³-hybridized carbons (Fsp3) is 0.692. The lowest BCUT2D eigenvalue weighted by Crippen LogP contribution is -2.19. The van der Waals surface area contributed by atoms with Crippen LogP contribution in [0.2, 0.25) is 0 Å². The minimum Gasteiger partial charge on any atom is -0.422 e. The minimum atomic E-state index is -0.326. The van der Waals surface area contributed by atoms with Gasteiger partial charge in [-0.05, 0) is 24.5 Å². The Balaban J connectivity index is 2.60. The van der Waals surface area contributed by atoms with Gasteiger partial charge in [0.15, 0.2) is 11.5 Å². The van der Waals surface area contributed by atoms with Crippen LogP contribution in [0.25, 0.3) is 0 Å². The molecule has 0 fully saturated rings. The number of aryl methyl sites for hydroxylation is 1. The van der Waals surface area contributed by atoms with Crippen molar-refractivity contribution in [2.75, 3.05) is 0 Å². The second-order valence-electron chi connectivity index (χ2n) is 8.83. The molecule has 0 saturated carbocycles. The summed E-state index contributed by atoms with van der Waals surface area (Å²) in [5, 5.41) is 0. The Labute approximate surface area is 183 Å². The molecule has 30 heavy (non-hydrogen) atoms. The van der Waals surface area contributed by atoms with Crippen molar-refractivity contribution < 1.29 is 19.1 Å². The third-order valence-electron chi connectivity index (χ3n) is 5.22. The molecule has 0 aliphatic heterocycles. The number of esters is 2. The summed E-state index contributed by atoms with van der Waals surface area (Å²) < 4.78 is 11.2. The second-order valence-corrected chi connectivity index (χ2v) is 8.83. The van der Waals surface area contributed by atoms with Crippen LogP contribution in [-0.4, -0.2) is 11.9 Å². The van der Waals surface area contributed by atoms with Gasteiger partial charge in [0.1, 0.15) is 0 Å². The van der Waals surface area contributed by atoms with E-state index in [9.17, 15) is 9.59 Å². The highest BCUT2D eigenvalue weighted by molar-refractivity contribution is 5.78. The average Bonchev–Trinajstić information content (AvgIpc) is 2.70. The predicted molar refractivity (Wildman–Crippen MR) is 123 cm³/mol. The van der Waals surface area contributed by atoms with Crippen LogP contribution >= 0.6 is 0 Å². The molecule has 0 radical (unpaired) electrons. The van der Waals surface area contributed by atoms with Crippen LogP contribution in [0, 0.1) is 11.8 Å². The highest BCUT2D eigenvalue weighted by atomic mass is 16.6. The normalized spacial score (nSPS) is 11.2. The summed E-state index contributed by atoms with van der Waals surface area (Å²) in [6.07, 6.45) is 13.6. The number of ether oxygens (including phenoxy) is 2. The Morgan fingerprint density at radius 1 is 0.733 bits per heavy atom. The maximum Gasteiger partial charge on any atom is 0.313 e. The van der Waals surface area contributed by atoms with Gasteiger partial charge in [0.05, 0.1) is 11.8 Å². The van der Waals surface area contributed by atoms with E-state index in [0.29, 0.717) is 11.5 Å². The molecule has 4 heteroatoms. The summed E-state index contributed by atoms with van der Waals surface area (Å²) in [5.41, 5.74) is 0.928. The molecule has 0 aromatic heterocycles. The van der Waals surface area contributed by atoms with Gasteiger partial charge in [-0.25, -0.2) is 0 Å². The zero-order chi connectivity index (χ0) is 22.4. The minimum absolute atomic E-state index is 0.246. The molecule has 170 valence electrons. The standard InChI is InChI=1S/C26H42O4/c1-6-7-8-9-10-11-12-13-14-15-17-22-18-16-19-23(29-25(27)20(2)3)24(22)30-26(28)21(4)5/h16,18-21H,6-15,17H2,1-5H3. The summed E-state index contributed by atoms with van der Waals surface area (Å²) in [7, 11) is 0.